The van der Waals surface area contributed by atoms with Crippen LogP contribution >= 0.6 is 11.6 Å². The molecule has 0 spiro atoms. The Morgan fingerprint density at radius 3 is 2.47 bits per heavy atom. The van der Waals surface area contributed by atoms with Crippen molar-refractivity contribution in [3.05, 3.63) is 23.2 Å². The molecule has 2 N–H and O–H groups in total. The van der Waals surface area contributed by atoms with Crippen LogP contribution in [0.1, 0.15) is 13.8 Å². The average molecular weight is 225 g/mol. The fourth-order valence-corrected chi connectivity index (χ4v) is 2.28. The summed E-state index contributed by atoms with van der Waals surface area (Å²) in [6.45, 7) is 6.72. The van der Waals surface area contributed by atoms with Crippen molar-refractivity contribution in [3.8, 4) is 0 Å². The molecule has 0 amide bonds. The van der Waals surface area contributed by atoms with Gasteiger partial charge in [-0.2, -0.15) is 0 Å². The van der Waals surface area contributed by atoms with Gasteiger partial charge in [-0.15, -0.1) is 0 Å². The molecular formula is C12H17ClN2. The quantitative estimate of drug-likeness (QED) is 0.744. The smallest absolute Gasteiger partial charge is 0.0615 e. The third kappa shape index (κ3) is 2.05. The molecule has 1 aromatic rings. The second-order valence-corrected chi connectivity index (χ2v) is 5.00. The van der Waals surface area contributed by atoms with E-state index < -0.39 is 0 Å². The molecule has 1 aromatic carbocycles. The van der Waals surface area contributed by atoms with Gasteiger partial charge in [0.2, 0.25) is 0 Å². The van der Waals surface area contributed by atoms with Crippen LogP contribution in [0.4, 0.5) is 11.4 Å². The molecule has 0 saturated carbocycles. The fourth-order valence-electron chi connectivity index (χ4n) is 2.12. The molecule has 2 nitrogen and oxygen atoms in total. The van der Waals surface area contributed by atoms with E-state index in [0.29, 0.717) is 0 Å². The molecule has 15 heavy (non-hydrogen) atoms. The maximum atomic E-state index is 5.99. The number of halogens is 1. The van der Waals surface area contributed by atoms with E-state index >= 15 is 0 Å². The van der Waals surface area contributed by atoms with Gasteiger partial charge < -0.3 is 10.6 Å². The van der Waals surface area contributed by atoms with Gasteiger partial charge >= 0.3 is 0 Å². The van der Waals surface area contributed by atoms with E-state index in [1.165, 1.54) is 0 Å². The Balaban J connectivity index is 2.27. The highest BCUT2D eigenvalue weighted by molar-refractivity contribution is 6.31. The topological polar surface area (TPSA) is 29.3 Å². The molecule has 0 bridgehead atoms. The number of hydrogen-bond acceptors (Lipinski definition) is 2. The Kier molecular flexibility index (Phi) is 2.79. The summed E-state index contributed by atoms with van der Waals surface area (Å²) in [4.78, 5) is 2.33. The molecule has 2 unspecified atom stereocenters. The summed E-state index contributed by atoms with van der Waals surface area (Å²) >= 11 is 5.99. The lowest BCUT2D eigenvalue weighted by Crippen LogP contribution is -2.20. The predicted octanol–water partition coefficient (Wildman–Crippen LogP) is 3.01. The van der Waals surface area contributed by atoms with Gasteiger partial charge in [0, 0.05) is 18.1 Å². The SMILES string of the molecule is CC1CN(c2cc(Cl)ccc2N)CC1C. The molecule has 1 saturated heterocycles. The van der Waals surface area contributed by atoms with Crippen LogP contribution in [0, 0.1) is 11.8 Å². The zero-order valence-electron chi connectivity index (χ0n) is 9.20. The first-order chi connectivity index (χ1) is 7.08. The number of nitrogens with two attached hydrogens (primary N) is 1. The Morgan fingerprint density at radius 1 is 1.27 bits per heavy atom. The average Bonchev–Trinajstić information content (AvgIpc) is 2.51. The van der Waals surface area contributed by atoms with Crippen LogP contribution in [0.15, 0.2) is 18.2 Å². The van der Waals surface area contributed by atoms with Crippen molar-refractivity contribution in [1.29, 1.82) is 0 Å². The zero-order valence-corrected chi connectivity index (χ0v) is 9.96. The maximum Gasteiger partial charge on any atom is 0.0615 e. The molecule has 0 aliphatic carbocycles. The van der Waals surface area contributed by atoms with Crippen LogP contribution in [0.5, 0.6) is 0 Å². The predicted molar refractivity (Wildman–Crippen MR) is 66.4 cm³/mol. The molecule has 82 valence electrons. The van der Waals surface area contributed by atoms with E-state index in [1.54, 1.807) is 0 Å². The Hall–Kier alpha value is -0.890. The summed E-state index contributed by atoms with van der Waals surface area (Å²) in [7, 11) is 0. The van der Waals surface area contributed by atoms with E-state index in [-0.39, 0.29) is 0 Å². The third-order valence-electron chi connectivity index (χ3n) is 3.32. The minimum atomic E-state index is 0.725. The molecule has 1 aliphatic rings. The number of nitrogens with zero attached hydrogens (tertiary/aromatic N) is 1. The molecule has 0 aromatic heterocycles. The highest BCUT2D eigenvalue weighted by Gasteiger charge is 2.27. The summed E-state index contributed by atoms with van der Waals surface area (Å²) < 4.78 is 0. The van der Waals surface area contributed by atoms with E-state index in [4.69, 9.17) is 17.3 Å². The van der Waals surface area contributed by atoms with E-state index in [2.05, 4.69) is 18.7 Å². The van der Waals surface area contributed by atoms with Gasteiger partial charge in [0.25, 0.3) is 0 Å². The van der Waals surface area contributed by atoms with Crippen LogP contribution < -0.4 is 10.6 Å². The number of benzene rings is 1. The standard InChI is InChI=1S/C12H17ClN2/c1-8-6-15(7-9(8)2)12-5-10(13)3-4-11(12)14/h3-5,8-9H,6-7,14H2,1-2H3. The molecule has 1 fully saturated rings. The van der Waals surface area contributed by atoms with Crippen LogP contribution in [0.25, 0.3) is 0 Å². The van der Waals surface area contributed by atoms with Crippen molar-refractivity contribution >= 4 is 23.0 Å². The first-order valence-corrected chi connectivity index (χ1v) is 5.75. The van der Waals surface area contributed by atoms with Crippen molar-refractivity contribution in [2.75, 3.05) is 23.7 Å². The first-order valence-electron chi connectivity index (χ1n) is 5.38. The number of hydrogen-bond donors (Lipinski definition) is 1. The monoisotopic (exact) mass is 224 g/mol. The lowest BCUT2D eigenvalue weighted by Gasteiger charge is -2.20. The van der Waals surface area contributed by atoms with Crippen molar-refractivity contribution < 1.29 is 0 Å². The normalized spacial score (nSPS) is 25.9. The summed E-state index contributed by atoms with van der Waals surface area (Å²) in [5.74, 6) is 1.45. The highest BCUT2D eigenvalue weighted by atomic mass is 35.5. The lowest BCUT2D eigenvalue weighted by atomic mass is 10.0. The molecular weight excluding hydrogens is 208 g/mol. The van der Waals surface area contributed by atoms with Crippen molar-refractivity contribution in [2.24, 2.45) is 11.8 Å². The molecule has 2 atom stereocenters. The maximum absolute atomic E-state index is 5.99. The Bertz CT molecular complexity index is 355. The molecule has 1 aliphatic heterocycles. The van der Waals surface area contributed by atoms with Gasteiger partial charge in [0.1, 0.15) is 0 Å². The Labute approximate surface area is 96.0 Å². The minimum Gasteiger partial charge on any atom is -0.397 e. The van der Waals surface area contributed by atoms with Crippen molar-refractivity contribution in [1.82, 2.24) is 0 Å². The summed E-state index contributed by atoms with van der Waals surface area (Å²) in [6.07, 6.45) is 0. The molecule has 1 heterocycles. The van der Waals surface area contributed by atoms with Gasteiger partial charge in [0.05, 0.1) is 11.4 Å². The van der Waals surface area contributed by atoms with Crippen LogP contribution in [0.2, 0.25) is 5.02 Å². The molecule has 2 rings (SSSR count). The number of rotatable bonds is 1. The highest BCUT2D eigenvalue weighted by Crippen LogP contribution is 2.33. The van der Waals surface area contributed by atoms with Crippen LogP contribution in [-0.2, 0) is 0 Å². The van der Waals surface area contributed by atoms with Gasteiger partial charge in [-0.05, 0) is 30.0 Å². The zero-order chi connectivity index (χ0) is 11.0. The molecule has 3 heteroatoms. The van der Waals surface area contributed by atoms with Gasteiger partial charge in [-0.25, -0.2) is 0 Å². The van der Waals surface area contributed by atoms with Gasteiger partial charge in [-0.1, -0.05) is 25.4 Å². The lowest BCUT2D eigenvalue weighted by molar-refractivity contribution is 0.494. The minimum absolute atomic E-state index is 0.725. The second-order valence-electron chi connectivity index (χ2n) is 4.56. The van der Waals surface area contributed by atoms with Gasteiger partial charge in [0.15, 0.2) is 0 Å². The summed E-state index contributed by atoms with van der Waals surface area (Å²) in [5.41, 5.74) is 7.86. The van der Waals surface area contributed by atoms with E-state index in [0.717, 1.165) is 41.3 Å². The van der Waals surface area contributed by atoms with Crippen molar-refractivity contribution in [3.63, 3.8) is 0 Å². The Morgan fingerprint density at radius 2 is 1.87 bits per heavy atom. The largest absolute Gasteiger partial charge is 0.397 e. The number of nitrogen functional groups attached to an aromatic ring is 1. The fraction of sp³-hybridized carbons (Fsp3) is 0.500. The number of anilines is 2. The van der Waals surface area contributed by atoms with Crippen molar-refractivity contribution in [2.45, 2.75) is 13.8 Å². The van der Waals surface area contributed by atoms with Crippen LogP contribution in [-0.4, -0.2) is 13.1 Å². The van der Waals surface area contributed by atoms with Gasteiger partial charge in [-0.3, -0.25) is 0 Å². The van der Waals surface area contributed by atoms with Crippen LogP contribution in [0.3, 0.4) is 0 Å². The second kappa shape index (κ2) is 3.93. The summed E-state index contributed by atoms with van der Waals surface area (Å²) in [6, 6.07) is 5.68. The van der Waals surface area contributed by atoms with E-state index in [1.807, 2.05) is 18.2 Å². The molecule has 0 radical (unpaired) electrons. The third-order valence-corrected chi connectivity index (χ3v) is 3.56. The van der Waals surface area contributed by atoms with E-state index in [9.17, 15) is 0 Å². The summed E-state index contributed by atoms with van der Waals surface area (Å²) in [5, 5.41) is 0.756. The first kappa shape index (κ1) is 10.6.